The highest BCUT2D eigenvalue weighted by Crippen LogP contribution is 2.07. The Kier molecular flexibility index (Phi) is 14.5. The molecule has 4 atom stereocenters. The minimum Gasteiger partial charge on any atom is -0.481 e. The van der Waals surface area contributed by atoms with E-state index in [-0.39, 0.29) is 25.2 Å². The van der Waals surface area contributed by atoms with Crippen molar-refractivity contribution in [3.63, 3.8) is 0 Å². The van der Waals surface area contributed by atoms with Gasteiger partial charge in [0.25, 0.3) is 0 Å². The van der Waals surface area contributed by atoms with Crippen LogP contribution in [0.15, 0.2) is 0 Å². The molecule has 0 rings (SSSR count). The van der Waals surface area contributed by atoms with E-state index in [1.165, 1.54) is 11.8 Å². The number of aliphatic carboxylic acids is 2. The van der Waals surface area contributed by atoms with Gasteiger partial charge in [-0.25, -0.2) is 4.79 Å². The Morgan fingerprint density at radius 1 is 0.853 bits per heavy atom. The van der Waals surface area contributed by atoms with Gasteiger partial charge in [0.2, 0.25) is 23.6 Å². The zero-order valence-electron chi connectivity index (χ0n) is 19.5. The minimum absolute atomic E-state index is 0.0869. The SMILES string of the molecule is CSCCC(NC(=O)C(CC(=O)O)NC(=O)C(N)CC(C)C)C(=O)NC(CCC(N)=O)C(=O)O. The molecule has 0 bridgehead atoms. The Labute approximate surface area is 202 Å². The lowest BCUT2D eigenvalue weighted by molar-refractivity contribution is -0.143. The minimum atomic E-state index is -1.50. The van der Waals surface area contributed by atoms with Crippen LogP contribution in [-0.4, -0.2) is 82.0 Å². The molecule has 13 nitrogen and oxygen atoms in total. The zero-order valence-corrected chi connectivity index (χ0v) is 20.4. The molecule has 34 heavy (non-hydrogen) atoms. The molecule has 0 aliphatic carbocycles. The quantitative estimate of drug-likeness (QED) is 0.119. The van der Waals surface area contributed by atoms with Crippen molar-refractivity contribution in [1.29, 1.82) is 0 Å². The summed E-state index contributed by atoms with van der Waals surface area (Å²) in [6.07, 6.45) is 0.898. The predicted octanol–water partition coefficient (Wildman–Crippen LogP) is -1.61. The van der Waals surface area contributed by atoms with Gasteiger partial charge in [0.05, 0.1) is 12.5 Å². The second kappa shape index (κ2) is 15.9. The Bertz CT molecular complexity index is 748. The van der Waals surface area contributed by atoms with Crippen LogP contribution in [0.1, 0.15) is 46.0 Å². The number of amides is 4. The van der Waals surface area contributed by atoms with Crippen molar-refractivity contribution in [3.8, 4) is 0 Å². The highest BCUT2D eigenvalue weighted by atomic mass is 32.2. The largest absolute Gasteiger partial charge is 0.481 e. The molecule has 0 heterocycles. The van der Waals surface area contributed by atoms with Crippen molar-refractivity contribution in [2.75, 3.05) is 12.0 Å². The number of hydrogen-bond acceptors (Lipinski definition) is 8. The van der Waals surface area contributed by atoms with Crippen LogP contribution in [0.4, 0.5) is 0 Å². The van der Waals surface area contributed by atoms with E-state index < -0.39 is 66.2 Å². The van der Waals surface area contributed by atoms with Gasteiger partial charge in [-0.3, -0.25) is 24.0 Å². The molecule has 0 fully saturated rings. The first-order valence-corrected chi connectivity index (χ1v) is 12.1. The summed E-state index contributed by atoms with van der Waals surface area (Å²) in [5.41, 5.74) is 10.8. The lowest BCUT2D eigenvalue weighted by Crippen LogP contribution is -2.57. The standard InChI is InChI=1S/C20H35N5O8S/c1-10(2)8-11(21)17(29)25-14(9-16(27)28)19(31)23-12(6-7-34-3)18(30)24-13(20(32)33)4-5-15(22)26/h10-14H,4-9,21H2,1-3H3,(H2,22,26)(H,23,31)(H,24,30)(H,25,29)(H,27,28)(H,32,33). The second-order valence-electron chi connectivity index (χ2n) is 8.14. The third-order valence-corrected chi connectivity index (χ3v) is 5.26. The van der Waals surface area contributed by atoms with Crippen LogP contribution in [-0.2, 0) is 28.8 Å². The first-order valence-electron chi connectivity index (χ1n) is 10.7. The number of nitrogens with one attached hydrogen (secondary N) is 3. The van der Waals surface area contributed by atoms with Crippen molar-refractivity contribution in [1.82, 2.24) is 16.0 Å². The van der Waals surface area contributed by atoms with Crippen molar-refractivity contribution < 1.29 is 39.0 Å². The van der Waals surface area contributed by atoms with Crippen LogP contribution in [0, 0.1) is 5.92 Å². The first kappa shape index (κ1) is 31.1. The molecule has 0 saturated carbocycles. The lowest BCUT2D eigenvalue weighted by atomic mass is 10.0. The van der Waals surface area contributed by atoms with E-state index >= 15 is 0 Å². The summed E-state index contributed by atoms with van der Waals surface area (Å²) in [4.78, 5) is 71.4. The van der Waals surface area contributed by atoms with Crippen LogP contribution in [0.5, 0.6) is 0 Å². The van der Waals surface area contributed by atoms with Gasteiger partial charge in [-0.15, -0.1) is 0 Å². The normalized spacial score (nSPS) is 14.4. The number of primary amides is 1. The number of hydrogen-bond donors (Lipinski definition) is 7. The fourth-order valence-corrected chi connectivity index (χ4v) is 3.34. The molecule has 0 aromatic heterocycles. The maximum absolute atomic E-state index is 12.8. The number of carbonyl (C=O) groups excluding carboxylic acids is 4. The number of carboxylic acids is 2. The van der Waals surface area contributed by atoms with Gasteiger partial charge >= 0.3 is 11.9 Å². The molecule has 0 radical (unpaired) electrons. The maximum atomic E-state index is 12.8. The highest BCUT2D eigenvalue weighted by Gasteiger charge is 2.31. The predicted molar refractivity (Wildman–Crippen MR) is 125 cm³/mol. The van der Waals surface area contributed by atoms with Crippen molar-refractivity contribution in [3.05, 3.63) is 0 Å². The van der Waals surface area contributed by atoms with E-state index in [2.05, 4.69) is 16.0 Å². The van der Waals surface area contributed by atoms with Crippen molar-refractivity contribution >= 4 is 47.3 Å². The third kappa shape index (κ3) is 13.0. The van der Waals surface area contributed by atoms with Gasteiger partial charge < -0.3 is 37.6 Å². The molecular weight excluding hydrogens is 470 g/mol. The van der Waals surface area contributed by atoms with Gasteiger partial charge in [0, 0.05) is 6.42 Å². The van der Waals surface area contributed by atoms with Crippen LogP contribution in [0.2, 0.25) is 0 Å². The molecule has 4 unspecified atom stereocenters. The molecular formula is C20H35N5O8S. The van der Waals surface area contributed by atoms with E-state index in [4.69, 9.17) is 16.6 Å². The van der Waals surface area contributed by atoms with Gasteiger partial charge in [-0.05, 0) is 37.2 Å². The molecule has 0 aliphatic heterocycles. The molecule has 4 amide bonds. The highest BCUT2D eigenvalue weighted by molar-refractivity contribution is 7.98. The zero-order chi connectivity index (χ0) is 26.4. The van der Waals surface area contributed by atoms with E-state index in [9.17, 15) is 33.9 Å². The number of nitrogens with two attached hydrogens (primary N) is 2. The molecule has 9 N–H and O–H groups in total. The topological polar surface area (TPSA) is 231 Å². The van der Waals surface area contributed by atoms with E-state index in [0.717, 1.165) is 0 Å². The fraction of sp³-hybridized carbons (Fsp3) is 0.700. The smallest absolute Gasteiger partial charge is 0.326 e. The van der Waals surface area contributed by atoms with Crippen molar-refractivity contribution in [2.24, 2.45) is 17.4 Å². The van der Waals surface area contributed by atoms with Crippen molar-refractivity contribution in [2.45, 2.75) is 70.1 Å². The van der Waals surface area contributed by atoms with Crippen LogP contribution >= 0.6 is 11.8 Å². The Hall–Kier alpha value is -2.87. The Morgan fingerprint density at radius 2 is 1.38 bits per heavy atom. The monoisotopic (exact) mass is 505 g/mol. The van der Waals surface area contributed by atoms with Crippen LogP contribution < -0.4 is 27.4 Å². The lowest BCUT2D eigenvalue weighted by Gasteiger charge is -2.24. The van der Waals surface area contributed by atoms with E-state index in [0.29, 0.717) is 12.2 Å². The van der Waals surface area contributed by atoms with Gasteiger partial charge in [-0.1, -0.05) is 13.8 Å². The average Bonchev–Trinajstić information content (AvgIpc) is 2.71. The summed E-state index contributed by atoms with van der Waals surface area (Å²) in [5, 5.41) is 25.4. The molecule has 0 aromatic carbocycles. The summed E-state index contributed by atoms with van der Waals surface area (Å²) in [7, 11) is 0. The summed E-state index contributed by atoms with van der Waals surface area (Å²) in [6.45, 7) is 3.69. The molecule has 0 saturated heterocycles. The maximum Gasteiger partial charge on any atom is 0.326 e. The third-order valence-electron chi connectivity index (χ3n) is 4.61. The summed E-state index contributed by atoms with van der Waals surface area (Å²) in [6, 6.07) is -5.09. The number of carbonyl (C=O) groups is 6. The Morgan fingerprint density at radius 3 is 1.85 bits per heavy atom. The van der Waals surface area contributed by atoms with Crippen LogP contribution in [0.25, 0.3) is 0 Å². The van der Waals surface area contributed by atoms with Crippen LogP contribution in [0.3, 0.4) is 0 Å². The van der Waals surface area contributed by atoms with Gasteiger partial charge in [-0.2, -0.15) is 11.8 Å². The average molecular weight is 506 g/mol. The first-order chi connectivity index (χ1) is 15.8. The van der Waals surface area contributed by atoms with E-state index in [1.54, 1.807) is 6.26 Å². The number of rotatable bonds is 17. The summed E-state index contributed by atoms with van der Waals surface area (Å²) in [5.74, 6) is -5.47. The summed E-state index contributed by atoms with van der Waals surface area (Å²) >= 11 is 1.36. The van der Waals surface area contributed by atoms with E-state index in [1.807, 2.05) is 13.8 Å². The number of thioether (sulfide) groups is 1. The summed E-state index contributed by atoms with van der Waals surface area (Å²) < 4.78 is 0. The molecule has 0 spiro atoms. The van der Waals surface area contributed by atoms with Gasteiger partial charge in [0.1, 0.15) is 18.1 Å². The molecule has 14 heteroatoms. The molecule has 0 aromatic rings. The fourth-order valence-electron chi connectivity index (χ4n) is 2.87. The second-order valence-corrected chi connectivity index (χ2v) is 9.13. The molecule has 194 valence electrons. The van der Waals surface area contributed by atoms with Gasteiger partial charge in [0.15, 0.2) is 0 Å². The number of carboxylic acid groups (broad SMARTS) is 2. The molecule has 0 aliphatic rings. The Balaban J connectivity index is 5.48.